The second-order valence-electron chi connectivity index (χ2n) is 5.27. The minimum atomic E-state index is 0.806. The first-order valence-electron chi connectivity index (χ1n) is 8.95. The van der Waals surface area contributed by atoms with Crippen molar-refractivity contribution in [2.24, 2.45) is 34.4 Å². The molecule has 0 aliphatic rings. The van der Waals surface area contributed by atoms with Gasteiger partial charge in [0.1, 0.15) is 0 Å². The second-order valence-corrected chi connectivity index (χ2v) is 5.27. The highest BCUT2D eigenvalue weighted by atomic mass is 14.5. The van der Waals surface area contributed by atoms with E-state index in [1.807, 2.05) is 0 Å². The lowest BCUT2D eigenvalue weighted by atomic mass is 10.2. The van der Waals surface area contributed by atoms with E-state index in [0.717, 1.165) is 77.8 Å². The summed E-state index contributed by atoms with van der Waals surface area (Å²) in [7, 11) is 0. The van der Waals surface area contributed by atoms with Gasteiger partial charge in [0, 0.05) is 0 Å². The van der Waals surface area contributed by atoms with Crippen LogP contribution < -0.4 is 34.4 Å². The molecule has 22 heavy (non-hydrogen) atoms. The molecule has 0 aliphatic heterocycles. The Morgan fingerprint density at radius 2 is 0.364 bits per heavy atom. The molecule has 12 N–H and O–H groups in total. The van der Waals surface area contributed by atoms with Crippen LogP contribution in [0, 0.1) is 0 Å². The Kier molecular flexibility index (Phi) is 39.5. The molecule has 6 nitrogen and oxygen atoms in total. The van der Waals surface area contributed by atoms with E-state index >= 15 is 0 Å². The molecule has 0 spiro atoms. The fourth-order valence-corrected chi connectivity index (χ4v) is 1.57. The van der Waals surface area contributed by atoms with E-state index in [-0.39, 0.29) is 0 Å². The van der Waals surface area contributed by atoms with Gasteiger partial charge < -0.3 is 34.4 Å². The van der Waals surface area contributed by atoms with Crippen molar-refractivity contribution in [3.63, 3.8) is 0 Å². The SMILES string of the molecule is NCCCCCCN.NCCCCCN.NCCCCCN. The lowest BCUT2D eigenvalue weighted by Crippen LogP contribution is -2.02. The predicted molar refractivity (Wildman–Crippen MR) is 100 cm³/mol. The Hall–Kier alpha value is -0.240. The summed E-state index contributed by atoms with van der Waals surface area (Å²) in [5.41, 5.74) is 31.5. The molecule has 0 saturated heterocycles. The van der Waals surface area contributed by atoms with Gasteiger partial charge in [-0.2, -0.15) is 0 Å². The molecule has 0 aliphatic carbocycles. The molecule has 0 heterocycles. The average Bonchev–Trinajstić information content (AvgIpc) is 2.54. The molecule has 0 saturated carbocycles. The predicted octanol–water partition coefficient (Wildman–Crippen LogP) is 0.612. The first-order valence-corrected chi connectivity index (χ1v) is 8.95. The third kappa shape index (κ3) is 42.7. The van der Waals surface area contributed by atoms with Crippen molar-refractivity contribution >= 4 is 0 Å². The number of hydrogen-bond donors (Lipinski definition) is 6. The highest BCUT2D eigenvalue weighted by molar-refractivity contribution is 4.43. The molecule has 0 aromatic heterocycles. The molecule has 0 unspecified atom stereocenters. The first kappa shape index (κ1) is 26.6. The summed E-state index contributed by atoms with van der Waals surface area (Å²) in [6, 6.07) is 0. The van der Waals surface area contributed by atoms with E-state index in [0.29, 0.717) is 0 Å². The van der Waals surface area contributed by atoms with Crippen LogP contribution in [-0.4, -0.2) is 39.3 Å². The Morgan fingerprint density at radius 1 is 0.227 bits per heavy atom. The maximum atomic E-state index is 5.28. The Bertz CT molecular complexity index is 123. The van der Waals surface area contributed by atoms with Crippen molar-refractivity contribution in [3.05, 3.63) is 0 Å². The third-order valence-corrected chi connectivity index (χ3v) is 2.97. The topological polar surface area (TPSA) is 156 Å². The van der Waals surface area contributed by atoms with Gasteiger partial charge >= 0.3 is 0 Å². The van der Waals surface area contributed by atoms with E-state index in [1.54, 1.807) is 0 Å². The van der Waals surface area contributed by atoms with Gasteiger partial charge in [0.15, 0.2) is 0 Å². The zero-order valence-corrected chi connectivity index (χ0v) is 14.8. The van der Waals surface area contributed by atoms with Crippen LogP contribution >= 0.6 is 0 Å². The fraction of sp³-hybridized carbons (Fsp3) is 1.00. The third-order valence-electron chi connectivity index (χ3n) is 2.97. The van der Waals surface area contributed by atoms with Crippen LogP contribution in [0.15, 0.2) is 0 Å². The quantitative estimate of drug-likeness (QED) is 0.273. The van der Waals surface area contributed by atoms with Gasteiger partial charge in [-0.25, -0.2) is 0 Å². The van der Waals surface area contributed by atoms with Crippen molar-refractivity contribution in [1.82, 2.24) is 0 Å². The molecule has 6 heteroatoms. The maximum Gasteiger partial charge on any atom is -0.00773 e. The Morgan fingerprint density at radius 3 is 0.500 bits per heavy atom. The summed E-state index contributed by atoms with van der Waals surface area (Å²) in [6.45, 7) is 4.87. The van der Waals surface area contributed by atoms with Crippen LogP contribution in [0.25, 0.3) is 0 Å². The monoisotopic (exact) mass is 320 g/mol. The molecule has 0 aromatic rings. The van der Waals surface area contributed by atoms with E-state index in [4.69, 9.17) is 34.4 Å². The maximum absolute atomic E-state index is 5.28. The van der Waals surface area contributed by atoms with Crippen LogP contribution in [0.4, 0.5) is 0 Å². The number of rotatable bonds is 13. The van der Waals surface area contributed by atoms with Gasteiger partial charge in [-0.05, 0) is 77.8 Å². The summed E-state index contributed by atoms with van der Waals surface area (Å²) in [6.07, 6.45) is 11.7. The second kappa shape index (κ2) is 32.6. The molecule has 0 rings (SSSR count). The largest absolute Gasteiger partial charge is 0.330 e. The van der Waals surface area contributed by atoms with Gasteiger partial charge in [0.25, 0.3) is 0 Å². The molecule has 0 fully saturated rings. The Balaban J connectivity index is -0.000000247. The summed E-state index contributed by atoms with van der Waals surface area (Å²) in [5.74, 6) is 0. The zero-order chi connectivity index (χ0) is 17.3. The van der Waals surface area contributed by atoms with Crippen LogP contribution in [0.3, 0.4) is 0 Å². The molecule has 0 bridgehead atoms. The molecule has 0 radical (unpaired) electrons. The summed E-state index contributed by atoms with van der Waals surface area (Å²) in [5, 5.41) is 0. The van der Waals surface area contributed by atoms with E-state index in [1.165, 1.54) is 25.7 Å². The number of nitrogens with two attached hydrogens (primary N) is 6. The van der Waals surface area contributed by atoms with Gasteiger partial charge in [-0.1, -0.05) is 25.7 Å². The lowest BCUT2D eigenvalue weighted by molar-refractivity contribution is 0.653. The highest BCUT2D eigenvalue weighted by Gasteiger charge is 1.83. The normalized spacial score (nSPS) is 9.55. The zero-order valence-electron chi connectivity index (χ0n) is 14.8. The number of hydrogen-bond acceptors (Lipinski definition) is 6. The smallest absolute Gasteiger partial charge is 0.00773 e. The van der Waals surface area contributed by atoms with E-state index in [9.17, 15) is 0 Å². The molecule has 138 valence electrons. The van der Waals surface area contributed by atoms with Crippen molar-refractivity contribution in [1.29, 1.82) is 0 Å². The van der Waals surface area contributed by atoms with E-state index < -0.39 is 0 Å². The van der Waals surface area contributed by atoms with Gasteiger partial charge in [0.05, 0.1) is 0 Å². The van der Waals surface area contributed by atoms with Crippen LogP contribution in [0.5, 0.6) is 0 Å². The molecule has 0 amide bonds. The van der Waals surface area contributed by atoms with Crippen LogP contribution in [0.2, 0.25) is 0 Å². The van der Waals surface area contributed by atoms with Crippen molar-refractivity contribution in [3.8, 4) is 0 Å². The van der Waals surface area contributed by atoms with E-state index in [2.05, 4.69) is 0 Å². The number of unbranched alkanes of at least 4 members (excludes halogenated alkanes) is 7. The lowest BCUT2D eigenvalue weighted by Gasteiger charge is -1.94. The minimum Gasteiger partial charge on any atom is -0.330 e. The van der Waals surface area contributed by atoms with Crippen molar-refractivity contribution in [2.75, 3.05) is 39.3 Å². The minimum absolute atomic E-state index is 0.806. The highest BCUT2D eigenvalue weighted by Crippen LogP contribution is 1.95. The summed E-state index contributed by atoms with van der Waals surface area (Å²) >= 11 is 0. The summed E-state index contributed by atoms with van der Waals surface area (Å²) in [4.78, 5) is 0. The summed E-state index contributed by atoms with van der Waals surface area (Å²) < 4.78 is 0. The van der Waals surface area contributed by atoms with Crippen LogP contribution in [-0.2, 0) is 0 Å². The standard InChI is InChI=1S/C6H16N2.2C5H14N2/c7-5-3-1-2-4-6-8;2*6-4-2-1-3-5-7/h1-8H2;2*1-7H2. The van der Waals surface area contributed by atoms with Crippen molar-refractivity contribution < 1.29 is 0 Å². The first-order chi connectivity index (χ1) is 10.7. The van der Waals surface area contributed by atoms with Crippen LogP contribution in [0.1, 0.15) is 64.2 Å². The molecular weight excluding hydrogens is 276 g/mol. The average molecular weight is 321 g/mol. The molecular formula is C16H44N6. The van der Waals surface area contributed by atoms with Gasteiger partial charge in [-0.15, -0.1) is 0 Å². The van der Waals surface area contributed by atoms with Gasteiger partial charge in [-0.3, -0.25) is 0 Å². The molecule has 0 aromatic carbocycles. The van der Waals surface area contributed by atoms with Crippen molar-refractivity contribution in [2.45, 2.75) is 64.2 Å². The van der Waals surface area contributed by atoms with Gasteiger partial charge in [0.2, 0.25) is 0 Å². The molecule has 0 atom stereocenters. The fourth-order valence-electron chi connectivity index (χ4n) is 1.57. The Labute approximate surface area is 138 Å².